The number of hydrogen-bond donors (Lipinski definition) is 0. The largest absolute Gasteiger partial charge is 0.479 e. The van der Waals surface area contributed by atoms with E-state index in [4.69, 9.17) is 18.9 Å². The second-order valence-electron chi connectivity index (χ2n) is 5.71. The molecule has 0 spiro atoms. The van der Waals surface area contributed by atoms with Crippen molar-refractivity contribution in [2.45, 2.75) is 37.9 Å². The summed E-state index contributed by atoms with van der Waals surface area (Å²) in [6.45, 7) is 6.86. The number of hydrogen-bond acceptors (Lipinski definition) is 4. The molecule has 0 amide bonds. The van der Waals surface area contributed by atoms with E-state index in [2.05, 4.69) is 13.8 Å². The van der Waals surface area contributed by atoms with Gasteiger partial charge in [0.2, 0.25) is 0 Å². The van der Waals surface area contributed by atoms with Crippen LogP contribution in [0, 0.1) is 0 Å². The molecule has 20 heavy (non-hydrogen) atoms. The predicted molar refractivity (Wildman–Crippen MR) is 75.4 cm³/mol. The van der Waals surface area contributed by atoms with E-state index in [1.807, 2.05) is 24.3 Å². The topological polar surface area (TPSA) is 36.9 Å². The Morgan fingerprint density at radius 3 is 1.50 bits per heavy atom. The molecule has 3 rings (SSSR count). The average molecular weight is 278 g/mol. The van der Waals surface area contributed by atoms with Crippen molar-refractivity contribution in [3.8, 4) is 11.5 Å². The summed E-state index contributed by atoms with van der Waals surface area (Å²) in [5, 5.41) is 0. The van der Waals surface area contributed by atoms with Gasteiger partial charge in [-0.05, 0) is 25.0 Å². The minimum atomic E-state index is -0.186. The first-order chi connectivity index (χ1) is 9.71. The summed E-state index contributed by atoms with van der Waals surface area (Å²) in [5.74, 6) is 1.61. The third kappa shape index (κ3) is 2.38. The number of para-hydroxylation sites is 2. The third-order valence-corrected chi connectivity index (χ3v) is 4.25. The fraction of sp³-hybridized carbons (Fsp3) is 0.625. The summed E-state index contributed by atoms with van der Waals surface area (Å²) >= 11 is 0. The van der Waals surface area contributed by atoms with E-state index >= 15 is 0 Å². The lowest BCUT2D eigenvalue weighted by atomic mass is 9.98. The van der Waals surface area contributed by atoms with Gasteiger partial charge in [-0.2, -0.15) is 0 Å². The van der Waals surface area contributed by atoms with Gasteiger partial charge in [0.05, 0.1) is 26.4 Å². The van der Waals surface area contributed by atoms with Gasteiger partial charge in [0, 0.05) is 0 Å². The molecule has 0 atom stereocenters. The van der Waals surface area contributed by atoms with Crippen LogP contribution >= 0.6 is 0 Å². The molecule has 0 saturated carbocycles. The molecule has 0 aliphatic carbocycles. The second-order valence-corrected chi connectivity index (χ2v) is 5.71. The van der Waals surface area contributed by atoms with Gasteiger partial charge in [-0.15, -0.1) is 0 Å². The molecule has 1 aromatic rings. The molecule has 2 aliphatic rings. The highest BCUT2D eigenvalue weighted by atomic mass is 16.6. The molecule has 0 aromatic heterocycles. The number of ether oxygens (including phenoxy) is 4. The molecule has 2 heterocycles. The molecule has 2 aliphatic heterocycles. The van der Waals surface area contributed by atoms with Gasteiger partial charge >= 0.3 is 0 Å². The van der Waals surface area contributed by atoms with Crippen LogP contribution in [0.15, 0.2) is 24.3 Å². The first-order valence-corrected chi connectivity index (χ1v) is 7.33. The van der Waals surface area contributed by atoms with Crippen LogP contribution in [0.3, 0.4) is 0 Å². The zero-order valence-electron chi connectivity index (χ0n) is 12.2. The Bertz CT molecular complexity index is 409. The van der Waals surface area contributed by atoms with E-state index in [-0.39, 0.29) is 11.2 Å². The lowest BCUT2D eigenvalue weighted by molar-refractivity contribution is -0.173. The van der Waals surface area contributed by atoms with E-state index in [1.165, 1.54) is 0 Å². The quantitative estimate of drug-likeness (QED) is 0.802. The van der Waals surface area contributed by atoms with Crippen molar-refractivity contribution in [1.82, 2.24) is 0 Å². The Morgan fingerprint density at radius 1 is 0.850 bits per heavy atom. The SMILES string of the molecule is CCC1(Oc2ccccc2OC2(CC)COC2)COC1. The molecule has 2 saturated heterocycles. The Kier molecular flexibility index (Phi) is 3.61. The molecule has 4 heteroatoms. The Balaban J connectivity index is 1.77. The van der Waals surface area contributed by atoms with Gasteiger partial charge in [0.1, 0.15) is 0 Å². The molecule has 0 radical (unpaired) electrons. The average Bonchev–Trinajstić information content (AvgIpc) is 2.39. The van der Waals surface area contributed by atoms with Crippen LogP contribution in [0.4, 0.5) is 0 Å². The predicted octanol–water partition coefficient (Wildman–Crippen LogP) is 2.80. The fourth-order valence-corrected chi connectivity index (χ4v) is 2.42. The maximum atomic E-state index is 6.19. The molecule has 4 nitrogen and oxygen atoms in total. The molecular formula is C16H22O4. The lowest BCUT2D eigenvalue weighted by Crippen LogP contribution is -2.55. The highest BCUT2D eigenvalue weighted by molar-refractivity contribution is 5.41. The van der Waals surface area contributed by atoms with Gasteiger partial charge in [-0.25, -0.2) is 0 Å². The van der Waals surface area contributed by atoms with Crippen LogP contribution in [0.5, 0.6) is 11.5 Å². The normalized spacial score (nSPS) is 22.5. The van der Waals surface area contributed by atoms with Gasteiger partial charge in [0.25, 0.3) is 0 Å². The van der Waals surface area contributed by atoms with Crippen LogP contribution < -0.4 is 9.47 Å². The first kappa shape index (κ1) is 13.7. The summed E-state index contributed by atoms with van der Waals surface area (Å²) in [6, 6.07) is 7.88. The monoisotopic (exact) mass is 278 g/mol. The third-order valence-electron chi connectivity index (χ3n) is 4.25. The molecule has 0 unspecified atom stereocenters. The number of benzene rings is 1. The zero-order chi connectivity index (χ0) is 14.1. The van der Waals surface area contributed by atoms with E-state index in [9.17, 15) is 0 Å². The van der Waals surface area contributed by atoms with Crippen LogP contribution in [-0.2, 0) is 9.47 Å². The van der Waals surface area contributed by atoms with Crippen molar-refractivity contribution in [3.05, 3.63) is 24.3 Å². The maximum absolute atomic E-state index is 6.19. The summed E-state index contributed by atoms with van der Waals surface area (Å²) in [5.41, 5.74) is -0.371. The highest BCUT2D eigenvalue weighted by Gasteiger charge is 2.42. The minimum Gasteiger partial charge on any atom is -0.479 e. The fourth-order valence-electron chi connectivity index (χ4n) is 2.42. The Morgan fingerprint density at radius 2 is 1.25 bits per heavy atom. The van der Waals surface area contributed by atoms with E-state index in [0.717, 1.165) is 24.3 Å². The molecular weight excluding hydrogens is 256 g/mol. The summed E-state index contributed by atoms with van der Waals surface area (Å²) in [6.07, 6.45) is 1.87. The second kappa shape index (κ2) is 5.26. The van der Waals surface area contributed by atoms with Crippen molar-refractivity contribution in [2.24, 2.45) is 0 Å². The molecule has 0 bridgehead atoms. The standard InChI is InChI=1S/C16H22O4/c1-3-15(9-17-10-15)19-13-7-5-6-8-14(13)20-16(4-2)11-18-12-16/h5-8H,3-4,9-12H2,1-2H3. The summed E-state index contributed by atoms with van der Waals surface area (Å²) in [4.78, 5) is 0. The minimum absolute atomic E-state index is 0.186. The lowest BCUT2D eigenvalue weighted by Gasteiger charge is -2.43. The first-order valence-electron chi connectivity index (χ1n) is 7.33. The van der Waals surface area contributed by atoms with Gasteiger partial charge in [-0.1, -0.05) is 26.0 Å². The van der Waals surface area contributed by atoms with Gasteiger partial charge in [0.15, 0.2) is 22.7 Å². The maximum Gasteiger partial charge on any atom is 0.162 e. The van der Waals surface area contributed by atoms with Crippen molar-refractivity contribution in [3.63, 3.8) is 0 Å². The van der Waals surface area contributed by atoms with Crippen molar-refractivity contribution in [1.29, 1.82) is 0 Å². The Hall–Kier alpha value is -1.26. The van der Waals surface area contributed by atoms with E-state index in [0.29, 0.717) is 26.4 Å². The zero-order valence-corrected chi connectivity index (χ0v) is 12.2. The molecule has 110 valence electrons. The van der Waals surface area contributed by atoms with E-state index < -0.39 is 0 Å². The van der Waals surface area contributed by atoms with Crippen molar-refractivity contribution < 1.29 is 18.9 Å². The Labute approximate surface area is 120 Å². The van der Waals surface area contributed by atoms with Crippen LogP contribution in [0.25, 0.3) is 0 Å². The molecule has 2 fully saturated rings. The van der Waals surface area contributed by atoms with Crippen molar-refractivity contribution >= 4 is 0 Å². The van der Waals surface area contributed by atoms with Crippen LogP contribution in [0.1, 0.15) is 26.7 Å². The summed E-state index contributed by atoms with van der Waals surface area (Å²) in [7, 11) is 0. The van der Waals surface area contributed by atoms with Crippen LogP contribution in [0.2, 0.25) is 0 Å². The smallest absolute Gasteiger partial charge is 0.162 e. The highest BCUT2D eigenvalue weighted by Crippen LogP contribution is 2.38. The molecule has 1 aromatic carbocycles. The molecule has 0 N–H and O–H groups in total. The van der Waals surface area contributed by atoms with Gasteiger partial charge in [-0.3, -0.25) is 0 Å². The number of rotatable bonds is 6. The summed E-state index contributed by atoms with van der Waals surface area (Å²) < 4.78 is 23.0. The van der Waals surface area contributed by atoms with E-state index in [1.54, 1.807) is 0 Å². The van der Waals surface area contributed by atoms with Gasteiger partial charge < -0.3 is 18.9 Å². The van der Waals surface area contributed by atoms with Crippen LogP contribution in [-0.4, -0.2) is 37.6 Å². The van der Waals surface area contributed by atoms with Crippen molar-refractivity contribution in [2.75, 3.05) is 26.4 Å².